The minimum absolute atomic E-state index is 0.706. The van der Waals surface area contributed by atoms with Crippen molar-refractivity contribution in [3.05, 3.63) is 34.9 Å². The number of aliphatic carboxylic acids is 1. The minimum Gasteiger partial charge on any atom is -0.478 e. The van der Waals surface area contributed by atoms with Gasteiger partial charge in [0.05, 0.1) is 10.7 Å². The van der Waals surface area contributed by atoms with Gasteiger partial charge in [0.2, 0.25) is 0 Å². The first kappa shape index (κ1) is 13.5. The number of hydrogen-bond donors (Lipinski definition) is 1. The van der Waals surface area contributed by atoms with Crippen LogP contribution in [0, 0.1) is 11.8 Å². The highest BCUT2D eigenvalue weighted by Crippen LogP contribution is 2.42. The van der Waals surface area contributed by atoms with Crippen molar-refractivity contribution in [1.82, 2.24) is 0 Å². The predicted molar refractivity (Wildman–Crippen MR) is 81.2 cm³/mol. The Morgan fingerprint density at radius 2 is 2.00 bits per heavy atom. The first-order valence-corrected chi connectivity index (χ1v) is 7.47. The van der Waals surface area contributed by atoms with E-state index in [0.29, 0.717) is 5.02 Å². The Bertz CT molecular complexity index is 543. The summed E-state index contributed by atoms with van der Waals surface area (Å²) in [6.07, 6.45) is 6.78. The highest BCUT2D eigenvalue weighted by atomic mass is 35.5. The van der Waals surface area contributed by atoms with Gasteiger partial charge in [-0.3, -0.25) is 0 Å². The summed E-state index contributed by atoms with van der Waals surface area (Å²) < 4.78 is 0. The predicted octanol–water partition coefficient (Wildman–Crippen LogP) is 3.67. The molecule has 1 heterocycles. The molecule has 1 aromatic carbocycles. The molecule has 0 bridgehead atoms. The van der Waals surface area contributed by atoms with Crippen LogP contribution in [0.5, 0.6) is 0 Å². The molecule has 2 fully saturated rings. The van der Waals surface area contributed by atoms with E-state index in [1.165, 1.54) is 25.3 Å². The van der Waals surface area contributed by atoms with Gasteiger partial charge in [-0.25, -0.2) is 4.79 Å². The van der Waals surface area contributed by atoms with E-state index in [2.05, 4.69) is 4.90 Å². The van der Waals surface area contributed by atoms with E-state index >= 15 is 0 Å². The molecule has 1 aliphatic heterocycles. The number of fused-ring (bicyclic) bond motifs is 1. The van der Waals surface area contributed by atoms with Gasteiger partial charge >= 0.3 is 5.97 Å². The van der Waals surface area contributed by atoms with E-state index in [-0.39, 0.29) is 0 Å². The first-order chi connectivity index (χ1) is 9.65. The fraction of sp³-hybridized carbons (Fsp3) is 0.438. The van der Waals surface area contributed by atoms with Crippen LogP contribution in [0.1, 0.15) is 24.8 Å². The molecule has 1 saturated carbocycles. The van der Waals surface area contributed by atoms with Gasteiger partial charge < -0.3 is 10.0 Å². The van der Waals surface area contributed by atoms with E-state index in [9.17, 15) is 4.79 Å². The third-order valence-corrected chi connectivity index (χ3v) is 4.77. The first-order valence-electron chi connectivity index (χ1n) is 7.09. The molecule has 1 aromatic rings. The zero-order chi connectivity index (χ0) is 14.1. The zero-order valence-electron chi connectivity index (χ0n) is 11.3. The molecule has 20 heavy (non-hydrogen) atoms. The molecule has 4 heteroatoms. The summed E-state index contributed by atoms with van der Waals surface area (Å²) in [6, 6.07) is 5.67. The fourth-order valence-electron chi connectivity index (χ4n) is 3.58. The number of para-hydroxylation sites is 1. The van der Waals surface area contributed by atoms with Crippen molar-refractivity contribution >= 4 is 29.3 Å². The van der Waals surface area contributed by atoms with Crippen LogP contribution in [0.2, 0.25) is 5.02 Å². The van der Waals surface area contributed by atoms with Gasteiger partial charge in [0.15, 0.2) is 0 Å². The second-order valence-corrected chi connectivity index (χ2v) is 6.11. The lowest BCUT2D eigenvalue weighted by atomic mass is 10.0. The van der Waals surface area contributed by atoms with Crippen LogP contribution in [0.3, 0.4) is 0 Å². The highest BCUT2D eigenvalue weighted by molar-refractivity contribution is 6.33. The number of halogens is 1. The van der Waals surface area contributed by atoms with Gasteiger partial charge in [-0.2, -0.15) is 0 Å². The van der Waals surface area contributed by atoms with Crippen LogP contribution in [0.4, 0.5) is 5.69 Å². The van der Waals surface area contributed by atoms with Gasteiger partial charge in [-0.05, 0) is 42.4 Å². The standard InChI is InChI=1S/C16H18ClNO2/c17-14-6-2-3-11(7-8-15(19)20)16(14)18-9-12-4-1-5-13(12)10-18/h2-3,6-8,12-13H,1,4-5,9-10H2,(H,19,20)/b8-7+. The number of carboxylic acid groups (broad SMARTS) is 1. The Balaban J connectivity index is 1.90. The molecule has 3 rings (SSSR count). The van der Waals surface area contributed by atoms with Crippen LogP contribution in [-0.4, -0.2) is 24.2 Å². The Morgan fingerprint density at radius 3 is 2.65 bits per heavy atom. The molecule has 2 unspecified atom stereocenters. The zero-order valence-corrected chi connectivity index (χ0v) is 12.0. The van der Waals surface area contributed by atoms with E-state index < -0.39 is 5.97 Å². The molecule has 0 radical (unpaired) electrons. The molecule has 1 aliphatic carbocycles. The van der Waals surface area contributed by atoms with Crippen LogP contribution in [-0.2, 0) is 4.79 Å². The highest BCUT2D eigenvalue weighted by Gasteiger charge is 2.37. The van der Waals surface area contributed by atoms with E-state index in [1.54, 1.807) is 6.08 Å². The summed E-state index contributed by atoms with van der Waals surface area (Å²) >= 11 is 6.36. The summed E-state index contributed by atoms with van der Waals surface area (Å²) in [4.78, 5) is 13.0. The van der Waals surface area contributed by atoms with Gasteiger partial charge in [-0.15, -0.1) is 0 Å². The number of carboxylic acids is 1. The van der Waals surface area contributed by atoms with Crippen LogP contribution in [0.25, 0.3) is 6.08 Å². The summed E-state index contributed by atoms with van der Waals surface area (Å²) in [5, 5.41) is 9.50. The van der Waals surface area contributed by atoms with Crippen molar-refractivity contribution < 1.29 is 9.90 Å². The van der Waals surface area contributed by atoms with Gasteiger partial charge in [0.25, 0.3) is 0 Å². The van der Waals surface area contributed by atoms with Crippen LogP contribution < -0.4 is 4.90 Å². The Hall–Kier alpha value is -1.48. The van der Waals surface area contributed by atoms with Crippen LogP contribution in [0.15, 0.2) is 24.3 Å². The third-order valence-electron chi connectivity index (χ3n) is 4.47. The van der Waals surface area contributed by atoms with Gasteiger partial charge in [0, 0.05) is 19.2 Å². The minimum atomic E-state index is -0.936. The maximum Gasteiger partial charge on any atom is 0.328 e. The SMILES string of the molecule is O=C(O)/C=C/c1cccc(Cl)c1N1CC2CCCC2C1. The molecule has 0 amide bonds. The molecular weight excluding hydrogens is 274 g/mol. The summed E-state index contributed by atoms with van der Waals surface area (Å²) in [5.74, 6) is 0.624. The maximum atomic E-state index is 10.7. The second kappa shape index (κ2) is 5.49. The topological polar surface area (TPSA) is 40.5 Å². The maximum absolute atomic E-state index is 10.7. The number of benzene rings is 1. The smallest absolute Gasteiger partial charge is 0.328 e. The molecule has 1 saturated heterocycles. The van der Waals surface area contributed by atoms with Crippen molar-refractivity contribution in [2.24, 2.45) is 11.8 Å². The number of anilines is 1. The van der Waals surface area contributed by atoms with Crippen LogP contribution >= 0.6 is 11.6 Å². The average Bonchev–Trinajstić information content (AvgIpc) is 2.97. The summed E-state index contributed by atoms with van der Waals surface area (Å²) in [6.45, 7) is 2.09. The molecule has 0 aromatic heterocycles. The number of rotatable bonds is 3. The van der Waals surface area contributed by atoms with E-state index in [4.69, 9.17) is 16.7 Å². The average molecular weight is 292 g/mol. The lowest BCUT2D eigenvalue weighted by molar-refractivity contribution is -0.131. The fourth-order valence-corrected chi connectivity index (χ4v) is 3.88. The number of nitrogens with zero attached hydrogens (tertiary/aromatic N) is 1. The molecule has 1 N–H and O–H groups in total. The monoisotopic (exact) mass is 291 g/mol. The molecule has 0 spiro atoms. The van der Waals surface area contributed by atoms with Gasteiger partial charge in [-0.1, -0.05) is 30.2 Å². The van der Waals surface area contributed by atoms with Crippen molar-refractivity contribution in [3.63, 3.8) is 0 Å². The molecule has 2 aliphatic rings. The Kier molecular flexibility index (Phi) is 3.70. The largest absolute Gasteiger partial charge is 0.478 e. The molecule has 3 nitrogen and oxygen atoms in total. The quantitative estimate of drug-likeness (QED) is 0.864. The molecular formula is C16H18ClNO2. The number of carbonyl (C=O) groups is 1. The van der Waals surface area contributed by atoms with Crippen molar-refractivity contribution in [2.75, 3.05) is 18.0 Å². The summed E-state index contributed by atoms with van der Waals surface area (Å²) in [5.41, 5.74) is 1.88. The van der Waals surface area contributed by atoms with E-state index in [0.717, 1.165) is 36.2 Å². The second-order valence-electron chi connectivity index (χ2n) is 5.71. The van der Waals surface area contributed by atoms with Crippen molar-refractivity contribution in [2.45, 2.75) is 19.3 Å². The third kappa shape index (κ3) is 2.55. The molecule has 106 valence electrons. The normalized spacial score (nSPS) is 25.4. The van der Waals surface area contributed by atoms with Gasteiger partial charge in [0.1, 0.15) is 0 Å². The lowest BCUT2D eigenvalue weighted by Crippen LogP contribution is -2.22. The molecule has 2 atom stereocenters. The Morgan fingerprint density at radius 1 is 1.30 bits per heavy atom. The number of hydrogen-bond acceptors (Lipinski definition) is 2. The Labute approximate surface area is 123 Å². The van der Waals surface area contributed by atoms with Crippen molar-refractivity contribution in [3.8, 4) is 0 Å². The van der Waals surface area contributed by atoms with Crippen molar-refractivity contribution in [1.29, 1.82) is 0 Å². The lowest BCUT2D eigenvalue weighted by Gasteiger charge is -2.23. The van der Waals surface area contributed by atoms with E-state index in [1.807, 2.05) is 18.2 Å². The summed E-state index contributed by atoms with van der Waals surface area (Å²) in [7, 11) is 0.